The molecule has 0 aliphatic carbocycles. The Morgan fingerprint density at radius 2 is 2.12 bits per heavy atom. The Labute approximate surface area is 102 Å². The summed E-state index contributed by atoms with van der Waals surface area (Å²) >= 11 is 6.02. The average molecular weight is 240 g/mol. The number of fused-ring (bicyclic) bond motifs is 1. The highest BCUT2D eigenvalue weighted by Crippen LogP contribution is 2.36. The highest BCUT2D eigenvalue weighted by Gasteiger charge is 2.25. The van der Waals surface area contributed by atoms with Crippen LogP contribution in [0.2, 0.25) is 5.02 Å². The van der Waals surface area contributed by atoms with Crippen molar-refractivity contribution in [2.75, 3.05) is 37.0 Å². The summed E-state index contributed by atoms with van der Waals surface area (Å²) in [4.78, 5) is 4.56. The van der Waals surface area contributed by atoms with Crippen LogP contribution < -0.4 is 15.5 Å². The van der Waals surface area contributed by atoms with Gasteiger partial charge in [-0.15, -0.1) is 0 Å². The molecule has 0 saturated heterocycles. The Balaban J connectivity index is 2.35. The van der Waals surface area contributed by atoms with E-state index in [1.165, 1.54) is 11.4 Å². The molecule has 2 rings (SSSR count). The molecular weight excluding hydrogens is 222 g/mol. The van der Waals surface area contributed by atoms with E-state index in [4.69, 9.17) is 17.3 Å². The first-order valence-electron chi connectivity index (χ1n) is 5.57. The number of benzene rings is 1. The van der Waals surface area contributed by atoms with Gasteiger partial charge in [-0.3, -0.25) is 0 Å². The molecule has 16 heavy (non-hydrogen) atoms. The number of hydrogen-bond donors (Lipinski definition) is 1. The topological polar surface area (TPSA) is 32.5 Å². The van der Waals surface area contributed by atoms with Crippen LogP contribution in [-0.4, -0.2) is 33.2 Å². The third-order valence-electron chi connectivity index (χ3n) is 3.26. The number of nitrogens with zero attached hydrogens (tertiary/aromatic N) is 2. The summed E-state index contributed by atoms with van der Waals surface area (Å²) in [7, 11) is 4.23. The van der Waals surface area contributed by atoms with Gasteiger partial charge in [-0.1, -0.05) is 11.6 Å². The molecule has 0 radical (unpaired) electrons. The van der Waals surface area contributed by atoms with Crippen molar-refractivity contribution in [2.24, 2.45) is 5.73 Å². The molecule has 3 nitrogen and oxygen atoms in total. The standard InChI is InChI=1S/C12H18ClN3/c1-15-8-10(5-6-14)16(2)11-4-3-9(13)7-12(11)15/h3-4,7,10H,5-6,8,14H2,1-2H3. The van der Waals surface area contributed by atoms with Gasteiger partial charge in [-0.2, -0.15) is 0 Å². The maximum atomic E-state index is 6.02. The lowest BCUT2D eigenvalue weighted by Gasteiger charge is -2.41. The van der Waals surface area contributed by atoms with Crippen LogP contribution in [0, 0.1) is 0 Å². The molecule has 1 aromatic rings. The quantitative estimate of drug-likeness (QED) is 0.856. The molecule has 4 heteroatoms. The third-order valence-corrected chi connectivity index (χ3v) is 3.50. The number of hydrogen-bond acceptors (Lipinski definition) is 3. The predicted molar refractivity (Wildman–Crippen MR) is 70.6 cm³/mol. The SMILES string of the molecule is CN1CC(CCN)N(C)c2ccc(Cl)cc21. The van der Waals surface area contributed by atoms with E-state index in [0.717, 1.165) is 24.5 Å². The van der Waals surface area contributed by atoms with Crippen molar-refractivity contribution < 1.29 is 0 Å². The van der Waals surface area contributed by atoms with Gasteiger partial charge in [0.1, 0.15) is 0 Å². The van der Waals surface area contributed by atoms with E-state index in [9.17, 15) is 0 Å². The third kappa shape index (κ3) is 1.97. The number of likely N-dealkylation sites (N-methyl/N-ethyl adjacent to an activating group) is 2. The van der Waals surface area contributed by atoms with E-state index in [1.54, 1.807) is 0 Å². The fourth-order valence-corrected chi connectivity index (χ4v) is 2.48. The van der Waals surface area contributed by atoms with E-state index in [0.29, 0.717) is 6.04 Å². The minimum atomic E-state index is 0.490. The molecule has 0 aromatic heterocycles. The highest BCUT2D eigenvalue weighted by atomic mass is 35.5. The number of rotatable bonds is 2. The average Bonchev–Trinajstić information content (AvgIpc) is 2.26. The number of halogens is 1. The summed E-state index contributed by atoms with van der Waals surface area (Å²) in [5.74, 6) is 0. The smallest absolute Gasteiger partial charge is 0.0617 e. The zero-order valence-electron chi connectivity index (χ0n) is 9.78. The van der Waals surface area contributed by atoms with Crippen molar-refractivity contribution in [3.8, 4) is 0 Å². The summed E-state index contributed by atoms with van der Waals surface area (Å²) in [6, 6.07) is 6.53. The molecular formula is C12H18ClN3. The maximum absolute atomic E-state index is 6.02. The molecule has 2 N–H and O–H groups in total. The van der Waals surface area contributed by atoms with Crippen LogP contribution in [0.3, 0.4) is 0 Å². The minimum Gasteiger partial charge on any atom is -0.371 e. The molecule has 0 amide bonds. The van der Waals surface area contributed by atoms with Gasteiger partial charge in [0.15, 0.2) is 0 Å². The molecule has 88 valence electrons. The zero-order chi connectivity index (χ0) is 11.7. The summed E-state index contributed by atoms with van der Waals surface area (Å²) in [6.07, 6.45) is 1.02. The molecule has 1 atom stereocenters. The lowest BCUT2D eigenvalue weighted by atomic mass is 10.1. The van der Waals surface area contributed by atoms with Crippen molar-refractivity contribution in [2.45, 2.75) is 12.5 Å². The van der Waals surface area contributed by atoms with Crippen LogP contribution in [-0.2, 0) is 0 Å². The molecule has 0 fully saturated rings. The molecule has 0 saturated carbocycles. The zero-order valence-corrected chi connectivity index (χ0v) is 10.5. The van der Waals surface area contributed by atoms with Gasteiger partial charge in [-0.05, 0) is 31.2 Å². The van der Waals surface area contributed by atoms with Crippen LogP contribution in [0.1, 0.15) is 6.42 Å². The minimum absolute atomic E-state index is 0.490. The van der Waals surface area contributed by atoms with Crippen LogP contribution in [0.15, 0.2) is 18.2 Å². The summed E-state index contributed by atoms with van der Waals surface area (Å²) < 4.78 is 0. The Hall–Kier alpha value is -0.930. The molecule has 1 aliphatic rings. The largest absolute Gasteiger partial charge is 0.371 e. The first-order valence-corrected chi connectivity index (χ1v) is 5.95. The summed E-state index contributed by atoms with van der Waals surface area (Å²) in [6.45, 7) is 1.73. The van der Waals surface area contributed by atoms with Gasteiger partial charge in [0, 0.05) is 31.7 Å². The molecule has 0 bridgehead atoms. The molecule has 0 spiro atoms. The van der Waals surface area contributed by atoms with Crippen molar-refractivity contribution in [3.63, 3.8) is 0 Å². The van der Waals surface area contributed by atoms with Crippen molar-refractivity contribution in [3.05, 3.63) is 23.2 Å². The van der Waals surface area contributed by atoms with Crippen LogP contribution in [0.25, 0.3) is 0 Å². The van der Waals surface area contributed by atoms with Gasteiger partial charge in [0.2, 0.25) is 0 Å². The number of anilines is 2. The lowest BCUT2D eigenvalue weighted by molar-refractivity contribution is 0.567. The van der Waals surface area contributed by atoms with E-state index in [2.05, 4.69) is 30.0 Å². The lowest BCUT2D eigenvalue weighted by Crippen LogP contribution is -2.46. The Morgan fingerprint density at radius 3 is 2.81 bits per heavy atom. The van der Waals surface area contributed by atoms with Crippen molar-refractivity contribution in [1.82, 2.24) is 0 Å². The predicted octanol–water partition coefficient (Wildman–Crippen LogP) is 1.94. The summed E-state index contributed by atoms with van der Waals surface area (Å²) in [5, 5.41) is 0.788. The van der Waals surface area contributed by atoms with Crippen LogP contribution in [0.4, 0.5) is 11.4 Å². The molecule has 1 unspecified atom stereocenters. The Kier molecular flexibility index (Phi) is 3.26. The first kappa shape index (κ1) is 11.6. The fraction of sp³-hybridized carbons (Fsp3) is 0.500. The van der Waals surface area contributed by atoms with E-state index in [-0.39, 0.29) is 0 Å². The van der Waals surface area contributed by atoms with Gasteiger partial charge >= 0.3 is 0 Å². The Bertz CT molecular complexity index is 381. The van der Waals surface area contributed by atoms with E-state index in [1.807, 2.05) is 12.1 Å². The number of nitrogens with two attached hydrogens (primary N) is 1. The monoisotopic (exact) mass is 239 g/mol. The van der Waals surface area contributed by atoms with E-state index < -0.39 is 0 Å². The molecule has 1 aliphatic heterocycles. The normalized spacial score (nSPS) is 19.9. The highest BCUT2D eigenvalue weighted by molar-refractivity contribution is 6.31. The molecule has 1 heterocycles. The van der Waals surface area contributed by atoms with Gasteiger partial charge in [0.05, 0.1) is 11.4 Å². The fourth-order valence-electron chi connectivity index (χ4n) is 2.31. The van der Waals surface area contributed by atoms with Crippen molar-refractivity contribution >= 4 is 23.0 Å². The molecule has 1 aromatic carbocycles. The maximum Gasteiger partial charge on any atom is 0.0617 e. The van der Waals surface area contributed by atoms with Gasteiger partial charge in [-0.25, -0.2) is 0 Å². The second-order valence-corrected chi connectivity index (χ2v) is 4.79. The van der Waals surface area contributed by atoms with E-state index >= 15 is 0 Å². The second kappa shape index (κ2) is 4.52. The van der Waals surface area contributed by atoms with Crippen LogP contribution in [0.5, 0.6) is 0 Å². The second-order valence-electron chi connectivity index (χ2n) is 4.36. The van der Waals surface area contributed by atoms with Gasteiger partial charge < -0.3 is 15.5 Å². The summed E-state index contributed by atoms with van der Waals surface area (Å²) in [5.41, 5.74) is 8.08. The van der Waals surface area contributed by atoms with Crippen LogP contribution >= 0.6 is 11.6 Å². The Morgan fingerprint density at radius 1 is 1.38 bits per heavy atom. The van der Waals surface area contributed by atoms with Crippen molar-refractivity contribution in [1.29, 1.82) is 0 Å². The first-order chi connectivity index (χ1) is 7.63. The van der Waals surface area contributed by atoms with Gasteiger partial charge in [0.25, 0.3) is 0 Å².